The van der Waals surface area contributed by atoms with Gasteiger partial charge in [-0.1, -0.05) is 29.8 Å². The predicted octanol–water partition coefficient (Wildman–Crippen LogP) is 2.13. The molecule has 0 bridgehead atoms. The number of esters is 1. The summed E-state index contributed by atoms with van der Waals surface area (Å²) < 4.78 is 4.46. The van der Waals surface area contributed by atoms with E-state index in [1.54, 1.807) is 12.1 Å². The van der Waals surface area contributed by atoms with Gasteiger partial charge in [-0.15, -0.1) is 0 Å². The molecule has 80 valence electrons. The van der Waals surface area contributed by atoms with Crippen LogP contribution >= 0.6 is 0 Å². The molecule has 0 saturated heterocycles. The van der Waals surface area contributed by atoms with Crippen molar-refractivity contribution in [2.24, 2.45) is 0 Å². The van der Waals surface area contributed by atoms with Gasteiger partial charge in [0.25, 0.3) is 0 Å². The van der Waals surface area contributed by atoms with Gasteiger partial charge in [-0.05, 0) is 6.92 Å². The average molecular weight is 206 g/mol. The topological polar surface area (TPSA) is 43.4 Å². The van der Waals surface area contributed by atoms with Gasteiger partial charge in [-0.3, -0.25) is 9.59 Å². The minimum absolute atomic E-state index is 0.0274. The lowest BCUT2D eigenvalue weighted by Crippen LogP contribution is -2.05. The number of hydrogen-bond donors (Lipinski definition) is 0. The molecule has 0 N–H and O–H groups in total. The Labute approximate surface area is 89.1 Å². The van der Waals surface area contributed by atoms with Gasteiger partial charge in [0.15, 0.2) is 5.78 Å². The van der Waals surface area contributed by atoms with Crippen LogP contribution in [0.2, 0.25) is 0 Å². The summed E-state index contributed by atoms with van der Waals surface area (Å²) in [5, 5.41) is 0. The van der Waals surface area contributed by atoms with Crippen molar-refractivity contribution in [3.8, 4) is 0 Å². The van der Waals surface area contributed by atoms with Crippen LogP contribution in [0.15, 0.2) is 24.3 Å². The Morgan fingerprint density at radius 2 is 1.73 bits per heavy atom. The summed E-state index contributed by atoms with van der Waals surface area (Å²) in [5.74, 6) is -0.379. The molecule has 0 spiro atoms. The number of carbonyl (C=O) groups is 2. The van der Waals surface area contributed by atoms with Crippen molar-refractivity contribution in [3.63, 3.8) is 0 Å². The molecule has 0 saturated carbocycles. The van der Waals surface area contributed by atoms with Crippen LogP contribution in [0.3, 0.4) is 0 Å². The van der Waals surface area contributed by atoms with Gasteiger partial charge in [0, 0.05) is 12.0 Å². The number of ether oxygens (including phenoxy) is 1. The van der Waals surface area contributed by atoms with Crippen molar-refractivity contribution in [1.29, 1.82) is 0 Å². The van der Waals surface area contributed by atoms with E-state index in [2.05, 4.69) is 4.74 Å². The molecular formula is C12H14O3. The summed E-state index contributed by atoms with van der Waals surface area (Å²) in [7, 11) is 1.32. The van der Waals surface area contributed by atoms with Crippen LogP contribution in [0, 0.1) is 6.92 Å². The average Bonchev–Trinajstić information content (AvgIpc) is 2.26. The standard InChI is InChI=1S/C12H14O3/c1-9-3-5-10(6-4-9)11(13)7-8-12(14)15-2/h3-6H,7-8H2,1-2H3. The molecule has 0 aliphatic heterocycles. The first-order valence-electron chi connectivity index (χ1n) is 4.80. The minimum Gasteiger partial charge on any atom is -0.469 e. The van der Waals surface area contributed by atoms with Crippen LogP contribution in [0.5, 0.6) is 0 Å². The van der Waals surface area contributed by atoms with E-state index >= 15 is 0 Å². The summed E-state index contributed by atoms with van der Waals surface area (Å²) in [6.45, 7) is 1.96. The van der Waals surface area contributed by atoms with Crippen molar-refractivity contribution in [1.82, 2.24) is 0 Å². The third kappa shape index (κ3) is 3.54. The van der Waals surface area contributed by atoms with Gasteiger partial charge in [0.05, 0.1) is 13.5 Å². The fourth-order valence-corrected chi connectivity index (χ4v) is 1.20. The molecule has 1 aromatic carbocycles. The largest absolute Gasteiger partial charge is 0.469 e. The lowest BCUT2D eigenvalue weighted by Gasteiger charge is -2.00. The molecule has 0 unspecified atom stereocenters. The number of methoxy groups -OCH3 is 1. The predicted molar refractivity (Wildman–Crippen MR) is 56.8 cm³/mol. The quantitative estimate of drug-likeness (QED) is 0.560. The monoisotopic (exact) mass is 206 g/mol. The van der Waals surface area contributed by atoms with E-state index in [0.717, 1.165) is 5.56 Å². The maximum Gasteiger partial charge on any atom is 0.305 e. The number of ketones is 1. The molecule has 3 nitrogen and oxygen atoms in total. The van der Waals surface area contributed by atoms with Gasteiger partial charge in [0.1, 0.15) is 0 Å². The van der Waals surface area contributed by atoms with Gasteiger partial charge in [-0.2, -0.15) is 0 Å². The Bertz CT molecular complexity index is 352. The molecule has 0 atom stereocenters. The van der Waals surface area contributed by atoms with Crippen LogP contribution in [0.25, 0.3) is 0 Å². The molecule has 0 fully saturated rings. The lowest BCUT2D eigenvalue weighted by molar-refractivity contribution is -0.140. The lowest BCUT2D eigenvalue weighted by atomic mass is 10.1. The minimum atomic E-state index is -0.351. The molecule has 1 rings (SSSR count). The number of hydrogen-bond acceptors (Lipinski definition) is 3. The van der Waals surface area contributed by atoms with E-state index in [1.165, 1.54) is 7.11 Å². The van der Waals surface area contributed by atoms with Crippen LogP contribution in [-0.4, -0.2) is 18.9 Å². The first kappa shape index (κ1) is 11.4. The molecule has 0 aliphatic carbocycles. The van der Waals surface area contributed by atoms with E-state index in [4.69, 9.17) is 0 Å². The Morgan fingerprint density at radius 1 is 1.13 bits per heavy atom. The molecule has 0 heterocycles. The highest BCUT2D eigenvalue weighted by atomic mass is 16.5. The zero-order valence-electron chi connectivity index (χ0n) is 8.95. The highest BCUT2D eigenvalue weighted by Gasteiger charge is 2.08. The number of Topliss-reactive ketones (excluding diaryl/α,β-unsaturated/α-hetero) is 1. The number of rotatable bonds is 4. The van der Waals surface area contributed by atoms with Crippen LogP contribution in [0.4, 0.5) is 0 Å². The number of carbonyl (C=O) groups excluding carboxylic acids is 2. The fourth-order valence-electron chi connectivity index (χ4n) is 1.20. The van der Waals surface area contributed by atoms with E-state index in [-0.39, 0.29) is 24.6 Å². The third-order valence-corrected chi connectivity index (χ3v) is 2.16. The second-order valence-electron chi connectivity index (χ2n) is 3.37. The Hall–Kier alpha value is -1.64. The van der Waals surface area contributed by atoms with E-state index in [9.17, 15) is 9.59 Å². The summed E-state index contributed by atoms with van der Waals surface area (Å²) in [6, 6.07) is 7.31. The zero-order valence-corrected chi connectivity index (χ0v) is 8.95. The first-order valence-corrected chi connectivity index (χ1v) is 4.80. The van der Waals surface area contributed by atoms with Gasteiger partial charge < -0.3 is 4.74 Å². The van der Waals surface area contributed by atoms with Crippen molar-refractivity contribution in [3.05, 3.63) is 35.4 Å². The van der Waals surface area contributed by atoms with Crippen LogP contribution in [-0.2, 0) is 9.53 Å². The summed E-state index contributed by atoms with van der Waals surface area (Å²) in [5.41, 5.74) is 1.75. The highest BCUT2D eigenvalue weighted by molar-refractivity contribution is 5.97. The van der Waals surface area contributed by atoms with Gasteiger partial charge >= 0.3 is 5.97 Å². The fraction of sp³-hybridized carbons (Fsp3) is 0.333. The zero-order chi connectivity index (χ0) is 11.3. The molecule has 0 radical (unpaired) electrons. The van der Waals surface area contributed by atoms with Crippen molar-refractivity contribution in [2.75, 3.05) is 7.11 Å². The van der Waals surface area contributed by atoms with Crippen molar-refractivity contribution in [2.45, 2.75) is 19.8 Å². The highest BCUT2D eigenvalue weighted by Crippen LogP contribution is 2.07. The van der Waals surface area contributed by atoms with Crippen LogP contribution in [0.1, 0.15) is 28.8 Å². The Morgan fingerprint density at radius 3 is 2.27 bits per heavy atom. The smallest absolute Gasteiger partial charge is 0.305 e. The third-order valence-electron chi connectivity index (χ3n) is 2.16. The Kier molecular flexibility index (Phi) is 4.03. The summed E-state index contributed by atoms with van der Waals surface area (Å²) in [6.07, 6.45) is 0.346. The van der Waals surface area contributed by atoms with E-state index in [0.29, 0.717) is 5.56 Å². The molecule has 0 aromatic heterocycles. The summed E-state index contributed by atoms with van der Waals surface area (Å²) >= 11 is 0. The molecule has 0 amide bonds. The number of aryl methyl sites for hydroxylation is 1. The maximum atomic E-state index is 11.6. The maximum absolute atomic E-state index is 11.6. The van der Waals surface area contributed by atoms with Crippen molar-refractivity contribution >= 4 is 11.8 Å². The molecule has 15 heavy (non-hydrogen) atoms. The molecular weight excluding hydrogens is 192 g/mol. The van der Waals surface area contributed by atoms with Gasteiger partial charge in [0.2, 0.25) is 0 Å². The Balaban J connectivity index is 2.54. The second-order valence-corrected chi connectivity index (χ2v) is 3.37. The normalized spacial score (nSPS) is 9.73. The van der Waals surface area contributed by atoms with E-state index in [1.807, 2.05) is 19.1 Å². The molecule has 3 heteroatoms. The SMILES string of the molecule is COC(=O)CCC(=O)c1ccc(C)cc1. The van der Waals surface area contributed by atoms with Crippen LogP contribution < -0.4 is 0 Å². The first-order chi connectivity index (χ1) is 7.13. The second kappa shape index (κ2) is 5.29. The summed E-state index contributed by atoms with van der Waals surface area (Å²) in [4.78, 5) is 22.4. The van der Waals surface area contributed by atoms with Crippen molar-refractivity contribution < 1.29 is 14.3 Å². The van der Waals surface area contributed by atoms with E-state index < -0.39 is 0 Å². The number of benzene rings is 1. The molecule has 0 aliphatic rings. The van der Waals surface area contributed by atoms with Gasteiger partial charge in [-0.25, -0.2) is 0 Å². The molecule has 1 aromatic rings.